The first-order valence-electron chi connectivity index (χ1n) is 6.04. The topological polar surface area (TPSA) is 46.2 Å². The van der Waals surface area contributed by atoms with Gasteiger partial charge in [-0.3, -0.25) is 0 Å². The van der Waals surface area contributed by atoms with Crippen LogP contribution in [0, 0.1) is 0 Å². The van der Waals surface area contributed by atoms with E-state index in [2.05, 4.69) is 20.7 Å². The van der Waals surface area contributed by atoms with Crippen molar-refractivity contribution in [3.05, 3.63) is 29.8 Å². The summed E-state index contributed by atoms with van der Waals surface area (Å²) in [4.78, 5) is -0.0937. The molecule has 2 atom stereocenters. The number of alkyl halides is 4. The number of sulfonamides is 1. The van der Waals surface area contributed by atoms with Crippen LogP contribution in [0.25, 0.3) is 0 Å². The Morgan fingerprint density at radius 1 is 1.15 bits per heavy atom. The maximum absolute atomic E-state index is 12.4. The fourth-order valence-electron chi connectivity index (χ4n) is 2.14. The second-order valence-corrected chi connectivity index (χ2v) is 7.59. The highest BCUT2D eigenvalue weighted by atomic mass is 79.9. The van der Waals surface area contributed by atoms with Gasteiger partial charge in [0.1, 0.15) is 0 Å². The van der Waals surface area contributed by atoms with Crippen LogP contribution in [0.1, 0.15) is 24.8 Å². The minimum absolute atomic E-state index is 0.0618. The maximum atomic E-state index is 12.4. The van der Waals surface area contributed by atoms with Gasteiger partial charge in [-0.05, 0) is 37.1 Å². The monoisotopic (exact) mass is 371 g/mol. The standard InChI is InChI=1S/C12H13BrF3NO2S/c13-10-2-1-3-11(10)17-20(18,19)9-6-4-8(5-7-9)12(14,15)16/h4-7,10-11,17H,1-3H2/t10-,11-/m0/s1. The van der Waals surface area contributed by atoms with Crippen molar-refractivity contribution in [3.8, 4) is 0 Å². The first kappa shape index (κ1) is 15.8. The molecule has 0 amide bonds. The second kappa shape index (κ2) is 5.65. The lowest BCUT2D eigenvalue weighted by atomic mass is 10.2. The van der Waals surface area contributed by atoms with E-state index >= 15 is 0 Å². The van der Waals surface area contributed by atoms with Gasteiger partial charge in [-0.2, -0.15) is 13.2 Å². The van der Waals surface area contributed by atoms with E-state index in [-0.39, 0.29) is 15.8 Å². The number of benzene rings is 1. The fourth-order valence-corrected chi connectivity index (χ4v) is 4.34. The third-order valence-corrected chi connectivity index (χ3v) is 5.83. The molecule has 112 valence electrons. The smallest absolute Gasteiger partial charge is 0.207 e. The maximum Gasteiger partial charge on any atom is 0.416 e. The van der Waals surface area contributed by atoms with Gasteiger partial charge in [0.25, 0.3) is 0 Å². The molecule has 1 aliphatic rings. The van der Waals surface area contributed by atoms with Gasteiger partial charge in [0.2, 0.25) is 10.0 Å². The van der Waals surface area contributed by atoms with Crippen molar-refractivity contribution in [2.24, 2.45) is 0 Å². The van der Waals surface area contributed by atoms with E-state index in [1.54, 1.807) is 0 Å². The van der Waals surface area contributed by atoms with Crippen LogP contribution in [-0.4, -0.2) is 19.3 Å². The Morgan fingerprint density at radius 2 is 1.75 bits per heavy atom. The summed E-state index contributed by atoms with van der Waals surface area (Å²) in [5.41, 5.74) is -0.865. The van der Waals surface area contributed by atoms with E-state index in [1.165, 1.54) is 0 Å². The van der Waals surface area contributed by atoms with E-state index < -0.39 is 21.8 Å². The lowest BCUT2D eigenvalue weighted by Gasteiger charge is -2.16. The summed E-state index contributed by atoms with van der Waals surface area (Å²) in [5, 5.41) is 0. The number of hydrogen-bond acceptors (Lipinski definition) is 2. The normalized spacial score (nSPS) is 24.0. The SMILES string of the molecule is O=S(=O)(N[C@H]1CCC[C@@H]1Br)c1ccc(C(F)(F)F)cc1. The molecule has 3 nitrogen and oxygen atoms in total. The highest BCUT2D eigenvalue weighted by Gasteiger charge is 2.32. The highest BCUT2D eigenvalue weighted by Crippen LogP contribution is 2.30. The molecule has 1 aromatic carbocycles. The zero-order valence-electron chi connectivity index (χ0n) is 10.3. The molecule has 1 aromatic rings. The molecule has 0 radical (unpaired) electrons. The molecule has 0 heterocycles. The van der Waals surface area contributed by atoms with Crippen molar-refractivity contribution in [1.82, 2.24) is 4.72 Å². The van der Waals surface area contributed by atoms with Gasteiger partial charge < -0.3 is 0 Å². The van der Waals surface area contributed by atoms with E-state index in [4.69, 9.17) is 0 Å². The molecule has 0 aliphatic heterocycles. The Hall–Kier alpha value is -0.600. The number of nitrogens with one attached hydrogen (secondary N) is 1. The molecule has 0 unspecified atom stereocenters. The van der Waals surface area contributed by atoms with Gasteiger partial charge in [-0.25, -0.2) is 13.1 Å². The molecule has 1 N–H and O–H groups in total. The molecule has 8 heteroatoms. The summed E-state index contributed by atoms with van der Waals surface area (Å²) in [6.07, 6.45) is -1.96. The average Bonchev–Trinajstić information content (AvgIpc) is 2.73. The number of rotatable bonds is 3. The molecule has 0 aromatic heterocycles. The minimum atomic E-state index is -4.47. The van der Waals surface area contributed by atoms with Gasteiger partial charge >= 0.3 is 6.18 Å². The third kappa shape index (κ3) is 3.53. The zero-order valence-corrected chi connectivity index (χ0v) is 12.7. The van der Waals surface area contributed by atoms with Gasteiger partial charge in [-0.15, -0.1) is 0 Å². The first-order valence-corrected chi connectivity index (χ1v) is 8.44. The molecule has 1 aliphatic carbocycles. The van der Waals surface area contributed by atoms with Crippen LogP contribution in [0.15, 0.2) is 29.2 Å². The van der Waals surface area contributed by atoms with Crippen molar-refractivity contribution in [1.29, 1.82) is 0 Å². The van der Waals surface area contributed by atoms with Crippen LogP contribution < -0.4 is 4.72 Å². The Kier molecular flexibility index (Phi) is 4.46. The Bertz CT molecular complexity index is 571. The molecule has 2 rings (SSSR count). The second-order valence-electron chi connectivity index (χ2n) is 4.70. The van der Waals surface area contributed by atoms with Crippen molar-refractivity contribution >= 4 is 26.0 Å². The largest absolute Gasteiger partial charge is 0.416 e. The quantitative estimate of drug-likeness (QED) is 0.828. The van der Waals surface area contributed by atoms with E-state index in [1.807, 2.05) is 0 Å². The number of hydrogen-bond donors (Lipinski definition) is 1. The zero-order chi connectivity index (χ0) is 15.0. The highest BCUT2D eigenvalue weighted by molar-refractivity contribution is 9.09. The van der Waals surface area contributed by atoms with Crippen LogP contribution in [-0.2, 0) is 16.2 Å². The fraction of sp³-hybridized carbons (Fsp3) is 0.500. The van der Waals surface area contributed by atoms with Gasteiger partial charge in [0.15, 0.2) is 0 Å². The summed E-state index contributed by atoms with van der Waals surface area (Å²) < 4.78 is 64.0. The number of halogens is 4. The van der Waals surface area contributed by atoms with Crippen LogP contribution in [0.3, 0.4) is 0 Å². The Labute approximate surface area is 123 Å². The van der Waals surface area contributed by atoms with E-state index in [0.717, 1.165) is 43.5 Å². The van der Waals surface area contributed by atoms with Crippen LogP contribution >= 0.6 is 15.9 Å². The molecule has 1 saturated carbocycles. The van der Waals surface area contributed by atoms with E-state index in [9.17, 15) is 21.6 Å². The molecule has 0 saturated heterocycles. The molecular formula is C12H13BrF3NO2S. The minimum Gasteiger partial charge on any atom is -0.207 e. The predicted octanol–water partition coefficient (Wildman–Crippen LogP) is 3.30. The summed E-state index contributed by atoms with van der Waals surface area (Å²) in [5.74, 6) is 0. The Morgan fingerprint density at radius 3 is 2.20 bits per heavy atom. The van der Waals surface area contributed by atoms with Crippen molar-refractivity contribution < 1.29 is 21.6 Å². The van der Waals surface area contributed by atoms with Gasteiger partial charge in [0, 0.05) is 10.9 Å². The van der Waals surface area contributed by atoms with Crippen molar-refractivity contribution in [2.45, 2.75) is 41.2 Å². The molecule has 1 fully saturated rings. The average molecular weight is 372 g/mol. The molecule has 0 spiro atoms. The van der Waals surface area contributed by atoms with Gasteiger partial charge in [-0.1, -0.05) is 22.4 Å². The Balaban J connectivity index is 2.17. The van der Waals surface area contributed by atoms with Crippen LogP contribution in [0.4, 0.5) is 13.2 Å². The summed E-state index contributed by atoms with van der Waals surface area (Å²) >= 11 is 3.39. The molecule has 0 bridgehead atoms. The molecular weight excluding hydrogens is 359 g/mol. The lowest BCUT2D eigenvalue weighted by molar-refractivity contribution is -0.137. The summed E-state index contributed by atoms with van der Waals surface area (Å²) in [6, 6.07) is 3.28. The summed E-state index contributed by atoms with van der Waals surface area (Å²) in [6.45, 7) is 0. The predicted molar refractivity (Wildman–Crippen MR) is 72.1 cm³/mol. The van der Waals surface area contributed by atoms with Crippen LogP contribution in [0.5, 0.6) is 0 Å². The first-order chi connectivity index (χ1) is 9.20. The lowest BCUT2D eigenvalue weighted by Crippen LogP contribution is -2.37. The van der Waals surface area contributed by atoms with Crippen LogP contribution in [0.2, 0.25) is 0 Å². The summed E-state index contributed by atoms with van der Waals surface area (Å²) in [7, 11) is -3.79. The molecule has 20 heavy (non-hydrogen) atoms. The van der Waals surface area contributed by atoms with Gasteiger partial charge in [0.05, 0.1) is 10.5 Å². The van der Waals surface area contributed by atoms with E-state index in [0.29, 0.717) is 0 Å². The third-order valence-electron chi connectivity index (χ3n) is 3.23. The van der Waals surface area contributed by atoms with Crippen molar-refractivity contribution in [3.63, 3.8) is 0 Å². The van der Waals surface area contributed by atoms with Crippen molar-refractivity contribution in [2.75, 3.05) is 0 Å².